The molecule has 6 rings (SSSR count). The number of hydrogen-bond donors (Lipinski definition) is 19. The van der Waals surface area contributed by atoms with Crippen molar-refractivity contribution >= 4 is 5.97 Å². The van der Waals surface area contributed by atoms with Crippen molar-refractivity contribution in [2.45, 2.75) is 500 Å². The van der Waals surface area contributed by atoms with E-state index >= 15 is 0 Å². The van der Waals surface area contributed by atoms with E-state index < -0.39 is 112 Å². The van der Waals surface area contributed by atoms with Gasteiger partial charge in [-0.1, -0.05) is 104 Å². The highest BCUT2D eigenvalue weighted by molar-refractivity contribution is 5.73. The van der Waals surface area contributed by atoms with Gasteiger partial charge in [-0.2, -0.15) is 0 Å². The molecule has 0 radical (unpaired) electrons. The Morgan fingerprint density at radius 2 is 0.317 bits per heavy atom. The number of methoxy groups -OCH3 is 1. The molecule has 832 valence electrons. The molecule has 0 aliphatic carbocycles. The number of ether oxygens (including phenoxy) is 6. The molecule has 19 N–H and O–H groups in total. The first-order valence-electron chi connectivity index (χ1n) is 52.8. The van der Waals surface area contributed by atoms with Crippen molar-refractivity contribution in [2.24, 2.45) is 0 Å². The highest BCUT2D eigenvalue weighted by Crippen LogP contribution is 2.53. The first-order valence-corrected chi connectivity index (χ1v) is 52.8. The lowest BCUT2D eigenvalue weighted by molar-refractivity contribution is -0.132. The van der Waals surface area contributed by atoms with Crippen LogP contribution in [-0.2, 0) is 111 Å². The first kappa shape index (κ1) is 136. The van der Waals surface area contributed by atoms with Crippen LogP contribution in [0, 0.1) is 0 Å². The van der Waals surface area contributed by atoms with Gasteiger partial charge in [-0.3, -0.25) is 4.79 Å². The highest BCUT2D eigenvalue weighted by atomic mass is 16.5. The lowest BCUT2D eigenvalue weighted by Gasteiger charge is -2.37. The molecule has 15 atom stereocenters. The normalized spacial score (nSPS) is 18.3. The number of esters is 1. The molecule has 0 aliphatic heterocycles. The minimum atomic E-state index is -1.49. The van der Waals surface area contributed by atoms with Gasteiger partial charge in [0.15, 0.2) is 0 Å². The summed E-state index contributed by atoms with van der Waals surface area (Å²) < 4.78 is 33.9. The maximum absolute atomic E-state index is 11.8. The summed E-state index contributed by atoms with van der Waals surface area (Å²) in [5.41, 5.74) is -11.4. The van der Waals surface area contributed by atoms with Crippen molar-refractivity contribution in [3.8, 4) is 34.5 Å². The number of rotatable bonds is 44. The van der Waals surface area contributed by atoms with E-state index in [9.17, 15) is 102 Å². The molecule has 0 bridgehead atoms. The first-order chi connectivity index (χ1) is 65.6. The summed E-state index contributed by atoms with van der Waals surface area (Å²) >= 11 is 0. The zero-order valence-corrected chi connectivity index (χ0v) is 97.6. The third-order valence-corrected chi connectivity index (χ3v) is 30.1. The predicted molar refractivity (Wildman–Crippen MR) is 580 cm³/mol. The van der Waals surface area contributed by atoms with Crippen LogP contribution in [0.4, 0.5) is 0 Å². The van der Waals surface area contributed by atoms with E-state index in [1.807, 2.05) is 132 Å². The average Bonchev–Trinajstić information content (AvgIpc) is 0.732. The quantitative estimate of drug-likeness (QED) is 0.0125. The van der Waals surface area contributed by atoms with Gasteiger partial charge < -0.3 is 125 Å². The molecule has 15 unspecified atom stereocenters. The summed E-state index contributed by atoms with van der Waals surface area (Å²) in [5, 5.41) is 205. The topological polar surface area (TPSA) is 457 Å². The maximum Gasteiger partial charge on any atom is 0.308 e. The molecule has 0 fully saturated rings. The van der Waals surface area contributed by atoms with Crippen molar-refractivity contribution in [2.75, 3.05) is 33.5 Å². The summed E-state index contributed by atoms with van der Waals surface area (Å²) in [6.07, 6.45) is 7.63. The molecule has 0 heterocycles. The van der Waals surface area contributed by atoms with E-state index in [2.05, 4.69) is 0 Å². The standard InChI is InChI=1S/C20H32O6.4C20H34O4.C19H32O4/c1-11(21)26-16-14(19(6,7)24)12(17(2,3)22)10-13(18(4,5)23)15(16)20(8,9)25;4*1-8-18(5,21)14-12-16(20(7,23)10-3)17(24-11-4)13-15(14)19(6,22)9-2;1-8-17(4,20)13-11-15(19(6,22)10-3)16(23-7)12-14(13)18(5,21)9-2/h10,22-25H,1-9H3;4*12-13,21-23H,8-11H2,1-7H3;11-12,20-22H,8-10H2,1-7H3. The fourth-order valence-electron chi connectivity index (χ4n) is 16.7. The van der Waals surface area contributed by atoms with Crippen LogP contribution in [0.15, 0.2) is 66.7 Å². The summed E-state index contributed by atoms with van der Waals surface area (Å²) in [6, 6.07) is 19.4. The SMILES string of the molecule is CC(=O)Oc1c(C(C)(C)O)c(C(C)(C)O)cc(C(C)(C)O)c1C(C)(C)O.CCC(C)(O)c1cc(C(C)(O)CC)c(C(C)(O)CC)cc1OC.CCOc1cc(C(C)(O)CC)c(C(C)(O)CC)cc1C(C)(O)CC.CCOc1cc(C(C)(O)CC)c(C(C)(O)CC)cc1C(C)(O)CC.CCOc1cc(C(C)(O)CC)c(C(C)(O)CC)cc1C(C)(O)CC.CCOc1cc(C(C)(O)CC)c(C(C)(O)CC)cc1C(C)(O)CC. The summed E-state index contributed by atoms with van der Waals surface area (Å²) in [5.74, 6) is 2.07. The number of carbonyl (C=O) groups excluding carboxylic acids is 1. The smallest absolute Gasteiger partial charge is 0.308 e. The molecule has 0 amide bonds. The van der Waals surface area contributed by atoms with Gasteiger partial charge in [0.1, 0.15) is 34.5 Å². The molecule has 0 saturated carbocycles. The maximum atomic E-state index is 11.8. The Balaban J connectivity index is 0.000000870. The zero-order valence-electron chi connectivity index (χ0n) is 97.6. The Bertz CT molecular complexity index is 4640. The van der Waals surface area contributed by atoms with Crippen molar-refractivity contribution in [1.82, 2.24) is 0 Å². The molecule has 0 aliphatic rings. The Kier molecular flexibility index (Phi) is 48.7. The Labute approximate surface area is 872 Å². The van der Waals surface area contributed by atoms with Gasteiger partial charge in [0.05, 0.1) is 140 Å². The molecule has 26 heteroatoms. The van der Waals surface area contributed by atoms with Crippen LogP contribution in [0.2, 0.25) is 0 Å². The summed E-state index contributed by atoms with van der Waals surface area (Å²) in [4.78, 5) is 11.8. The van der Waals surface area contributed by atoms with Gasteiger partial charge in [0, 0.05) is 45.9 Å². The zero-order chi connectivity index (χ0) is 114. The van der Waals surface area contributed by atoms with Crippen LogP contribution in [0.3, 0.4) is 0 Å². The molecular formula is C119H200O26. The largest absolute Gasteiger partial charge is 0.496 e. The summed E-state index contributed by atoms with van der Waals surface area (Å²) in [7, 11) is 1.55. The second-order valence-corrected chi connectivity index (χ2v) is 44.7. The van der Waals surface area contributed by atoms with Crippen LogP contribution >= 0.6 is 0 Å². The predicted octanol–water partition coefficient (Wildman–Crippen LogP) is 21.8. The van der Waals surface area contributed by atoms with Gasteiger partial charge in [0.25, 0.3) is 0 Å². The van der Waals surface area contributed by atoms with Crippen molar-refractivity contribution < 1.29 is 130 Å². The van der Waals surface area contributed by atoms with Gasteiger partial charge in [-0.25, -0.2) is 0 Å². The average molecular weight is 2050 g/mol. The lowest BCUT2D eigenvalue weighted by Crippen LogP contribution is -2.33. The van der Waals surface area contributed by atoms with Gasteiger partial charge in [-0.05, 0) is 417 Å². The second kappa shape index (κ2) is 51.9. The number of carbonyl (C=O) groups is 1. The second-order valence-electron chi connectivity index (χ2n) is 44.7. The number of benzene rings is 6. The molecule has 0 saturated heterocycles. The van der Waals surface area contributed by atoms with E-state index in [1.165, 1.54) is 62.3 Å². The fraction of sp³-hybridized carbons (Fsp3) is 0.689. The molecule has 145 heavy (non-hydrogen) atoms. The van der Waals surface area contributed by atoms with Crippen molar-refractivity contribution in [3.05, 3.63) is 172 Å². The molecule has 0 spiro atoms. The van der Waals surface area contributed by atoms with E-state index in [0.29, 0.717) is 246 Å². The van der Waals surface area contributed by atoms with E-state index in [0.717, 1.165) is 0 Å². The lowest BCUT2D eigenvalue weighted by atomic mass is 9.75. The van der Waals surface area contributed by atoms with E-state index in [-0.39, 0.29) is 16.9 Å². The van der Waals surface area contributed by atoms with E-state index in [4.69, 9.17) is 28.4 Å². The Morgan fingerprint density at radius 1 is 0.193 bits per heavy atom. The molecule has 26 nitrogen and oxygen atoms in total. The molecule has 0 aromatic heterocycles. The molecular weight excluding hydrogens is 1850 g/mol. The Hall–Kier alpha value is -6.97. The minimum Gasteiger partial charge on any atom is -0.496 e. The van der Waals surface area contributed by atoms with Gasteiger partial charge in [0.2, 0.25) is 0 Å². The van der Waals surface area contributed by atoms with Crippen molar-refractivity contribution in [3.63, 3.8) is 0 Å². The van der Waals surface area contributed by atoms with E-state index in [1.54, 1.807) is 178 Å². The number of aliphatic hydroxyl groups is 19. The fourth-order valence-corrected chi connectivity index (χ4v) is 16.7. The highest BCUT2D eigenvalue weighted by Gasteiger charge is 2.46. The third kappa shape index (κ3) is 34.3. The monoisotopic (exact) mass is 2050 g/mol. The van der Waals surface area contributed by atoms with Crippen LogP contribution in [0.5, 0.6) is 34.5 Å². The minimum absolute atomic E-state index is 0.0470. The van der Waals surface area contributed by atoms with Crippen LogP contribution < -0.4 is 28.4 Å². The third-order valence-electron chi connectivity index (χ3n) is 30.1. The Morgan fingerprint density at radius 3 is 0.434 bits per heavy atom. The number of hydrogen-bond acceptors (Lipinski definition) is 26. The van der Waals surface area contributed by atoms with Crippen LogP contribution in [0.25, 0.3) is 0 Å². The van der Waals surface area contributed by atoms with Crippen LogP contribution in [0.1, 0.15) is 500 Å². The molecule has 6 aromatic carbocycles. The van der Waals surface area contributed by atoms with Crippen LogP contribution in [-0.4, -0.2) is 137 Å². The van der Waals surface area contributed by atoms with Crippen molar-refractivity contribution in [1.29, 1.82) is 0 Å². The van der Waals surface area contributed by atoms with Gasteiger partial charge in [-0.15, -0.1) is 0 Å². The van der Waals surface area contributed by atoms with Gasteiger partial charge >= 0.3 is 5.97 Å². The summed E-state index contributed by atoms with van der Waals surface area (Å²) in [6.45, 7) is 77.4. The molecule has 6 aromatic rings.